The highest BCUT2D eigenvalue weighted by molar-refractivity contribution is 5.82. The molecule has 1 aromatic carbocycles. The van der Waals surface area contributed by atoms with Gasteiger partial charge in [0.25, 0.3) is 0 Å². The molecule has 0 N–H and O–H groups in total. The number of ether oxygens (including phenoxy) is 1. The van der Waals surface area contributed by atoms with E-state index in [4.69, 9.17) is 4.74 Å². The highest BCUT2D eigenvalue weighted by Crippen LogP contribution is 2.30. The highest BCUT2D eigenvalue weighted by atomic mass is 16.6. The Balaban J connectivity index is 1.92. The number of likely N-dealkylation sites (tertiary alicyclic amines) is 1. The first-order valence-electron chi connectivity index (χ1n) is 10.6. The first-order chi connectivity index (χ1) is 13.1. The van der Waals surface area contributed by atoms with Crippen molar-refractivity contribution in [3.05, 3.63) is 35.4 Å². The van der Waals surface area contributed by atoms with Crippen LogP contribution >= 0.6 is 0 Å². The van der Waals surface area contributed by atoms with Gasteiger partial charge in [-0.05, 0) is 68.9 Å². The molecule has 156 valence electrons. The van der Waals surface area contributed by atoms with Gasteiger partial charge in [-0.15, -0.1) is 0 Å². The van der Waals surface area contributed by atoms with Crippen LogP contribution in [0.3, 0.4) is 0 Å². The minimum absolute atomic E-state index is 0.195. The van der Waals surface area contributed by atoms with Crippen molar-refractivity contribution < 1.29 is 9.53 Å². The molecule has 2 rings (SSSR count). The second-order valence-corrected chi connectivity index (χ2v) is 10.1. The molecule has 0 saturated carbocycles. The number of piperidine rings is 1. The largest absolute Gasteiger partial charge is 0.444 e. The monoisotopic (exact) mass is 386 g/mol. The number of rotatable bonds is 5. The average molecular weight is 387 g/mol. The van der Waals surface area contributed by atoms with Crippen LogP contribution in [0.5, 0.6) is 0 Å². The molecule has 0 unspecified atom stereocenters. The quantitative estimate of drug-likeness (QED) is 0.457. The maximum absolute atomic E-state index is 12.3. The first kappa shape index (κ1) is 22.4. The number of aliphatic imine (C=N–C) groups is 1. The van der Waals surface area contributed by atoms with E-state index in [1.165, 1.54) is 17.5 Å². The van der Waals surface area contributed by atoms with Crippen molar-refractivity contribution in [1.82, 2.24) is 4.90 Å². The number of nitrogens with zero attached hydrogens (tertiary/aromatic N) is 2. The normalized spacial score (nSPS) is 16.6. The third-order valence-corrected chi connectivity index (χ3v) is 5.03. The fraction of sp³-hybridized carbons (Fsp3) is 0.667. The van der Waals surface area contributed by atoms with Crippen LogP contribution in [-0.4, -0.2) is 42.4 Å². The molecule has 4 heteroatoms. The van der Waals surface area contributed by atoms with Crippen molar-refractivity contribution in [2.75, 3.05) is 19.6 Å². The van der Waals surface area contributed by atoms with Crippen molar-refractivity contribution in [2.24, 2.45) is 10.4 Å². The number of benzene rings is 1. The van der Waals surface area contributed by atoms with Gasteiger partial charge in [-0.3, -0.25) is 4.99 Å². The van der Waals surface area contributed by atoms with Crippen LogP contribution in [0.15, 0.2) is 29.3 Å². The summed E-state index contributed by atoms with van der Waals surface area (Å²) in [6, 6.07) is 8.55. The van der Waals surface area contributed by atoms with Gasteiger partial charge in [-0.1, -0.05) is 45.0 Å². The predicted octanol–water partition coefficient (Wildman–Crippen LogP) is 6.05. The van der Waals surface area contributed by atoms with Gasteiger partial charge in [0, 0.05) is 25.8 Å². The minimum Gasteiger partial charge on any atom is -0.444 e. The predicted molar refractivity (Wildman–Crippen MR) is 117 cm³/mol. The van der Waals surface area contributed by atoms with Crippen molar-refractivity contribution in [3.8, 4) is 0 Å². The molecule has 4 nitrogen and oxygen atoms in total. The van der Waals surface area contributed by atoms with E-state index in [9.17, 15) is 4.79 Å². The minimum atomic E-state index is -0.440. The Morgan fingerprint density at radius 3 is 2.39 bits per heavy atom. The van der Waals surface area contributed by atoms with Crippen molar-refractivity contribution in [2.45, 2.75) is 78.7 Å². The number of carbonyl (C=O) groups excluding carboxylic acids is 1. The van der Waals surface area contributed by atoms with Gasteiger partial charge < -0.3 is 9.64 Å². The van der Waals surface area contributed by atoms with Crippen LogP contribution in [-0.2, 0) is 4.74 Å². The van der Waals surface area contributed by atoms with Crippen molar-refractivity contribution in [3.63, 3.8) is 0 Å². The summed E-state index contributed by atoms with van der Waals surface area (Å²) in [6.45, 7) is 14.9. The zero-order valence-corrected chi connectivity index (χ0v) is 18.6. The van der Waals surface area contributed by atoms with Crippen LogP contribution in [0.2, 0.25) is 0 Å². The molecule has 1 aliphatic rings. The van der Waals surface area contributed by atoms with E-state index in [1.54, 1.807) is 0 Å². The van der Waals surface area contributed by atoms with Gasteiger partial charge in [0.1, 0.15) is 5.60 Å². The summed E-state index contributed by atoms with van der Waals surface area (Å²) < 4.78 is 5.51. The molecular weight excluding hydrogens is 348 g/mol. The van der Waals surface area contributed by atoms with Crippen molar-refractivity contribution >= 4 is 12.3 Å². The number of amides is 1. The highest BCUT2D eigenvalue weighted by Gasteiger charge is 2.28. The third kappa shape index (κ3) is 7.65. The maximum Gasteiger partial charge on any atom is 0.410 e. The summed E-state index contributed by atoms with van der Waals surface area (Å²) >= 11 is 0. The second kappa shape index (κ2) is 9.58. The Labute approximate surface area is 171 Å². The van der Waals surface area contributed by atoms with Gasteiger partial charge in [0.15, 0.2) is 0 Å². The lowest BCUT2D eigenvalue weighted by Crippen LogP contribution is -2.41. The maximum atomic E-state index is 12.3. The second-order valence-electron chi connectivity index (χ2n) is 10.1. The summed E-state index contributed by atoms with van der Waals surface area (Å²) in [5.74, 6) is 0.468. The summed E-state index contributed by atoms with van der Waals surface area (Å²) in [5.41, 5.74) is 2.50. The smallest absolute Gasteiger partial charge is 0.410 e. The lowest BCUT2D eigenvalue weighted by Gasteiger charge is -2.34. The molecular formula is C24H38N2O2. The van der Waals surface area contributed by atoms with Crippen LogP contribution in [0, 0.1) is 5.41 Å². The van der Waals surface area contributed by atoms with Gasteiger partial charge in [0.05, 0.1) is 0 Å². The molecule has 0 aromatic heterocycles. The number of hydrogen-bond donors (Lipinski definition) is 0. The molecule has 0 radical (unpaired) electrons. The molecule has 28 heavy (non-hydrogen) atoms. The molecule has 1 aliphatic heterocycles. The molecule has 1 heterocycles. The summed E-state index contributed by atoms with van der Waals surface area (Å²) in [5, 5.41) is 0. The summed E-state index contributed by atoms with van der Waals surface area (Å²) in [7, 11) is 0. The molecule has 0 bridgehead atoms. The van der Waals surface area contributed by atoms with E-state index in [2.05, 4.69) is 50.0 Å². The van der Waals surface area contributed by atoms with Crippen LogP contribution in [0.1, 0.15) is 84.3 Å². The van der Waals surface area contributed by atoms with E-state index in [0.29, 0.717) is 11.3 Å². The third-order valence-electron chi connectivity index (χ3n) is 5.03. The summed E-state index contributed by atoms with van der Waals surface area (Å²) in [6.07, 6.45) is 6.09. The molecule has 0 atom stereocenters. The molecule has 1 aromatic rings. The van der Waals surface area contributed by atoms with Crippen molar-refractivity contribution in [1.29, 1.82) is 0 Å². The molecule has 0 aliphatic carbocycles. The van der Waals surface area contributed by atoms with Gasteiger partial charge in [-0.25, -0.2) is 4.79 Å². The van der Waals surface area contributed by atoms with Gasteiger partial charge >= 0.3 is 6.09 Å². The molecule has 0 spiro atoms. The molecule has 1 saturated heterocycles. The number of carbonyl (C=O) groups is 1. The van der Waals surface area contributed by atoms with E-state index >= 15 is 0 Å². The van der Waals surface area contributed by atoms with E-state index in [-0.39, 0.29) is 6.09 Å². The Kier molecular flexibility index (Phi) is 7.68. The zero-order chi connectivity index (χ0) is 20.8. The Hall–Kier alpha value is -1.84. The SMILES string of the molecule is CC(C)(C)CCCN=Cc1ccccc1C1CCN(C(=O)OC(C)(C)C)CC1. The van der Waals surface area contributed by atoms with E-state index < -0.39 is 5.60 Å². The van der Waals surface area contributed by atoms with Crippen LogP contribution in [0.25, 0.3) is 0 Å². The standard InChI is InChI=1S/C24H38N2O2/c1-23(2,3)14-9-15-25-18-20-10-7-8-11-21(20)19-12-16-26(17-13-19)22(27)28-24(4,5)6/h7-8,10-11,18-19H,9,12-17H2,1-6H3. The fourth-order valence-corrected chi connectivity index (χ4v) is 3.56. The number of hydrogen-bond acceptors (Lipinski definition) is 3. The summed E-state index contributed by atoms with van der Waals surface area (Å²) in [4.78, 5) is 18.8. The fourth-order valence-electron chi connectivity index (χ4n) is 3.56. The molecule has 1 fully saturated rings. The van der Waals surface area contributed by atoms with E-state index in [0.717, 1.165) is 38.9 Å². The van der Waals surface area contributed by atoms with Crippen LogP contribution in [0.4, 0.5) is 4.79 Å². The molecule has 1 amide bonds. The van der Waals surface area contributed by atoms with Gasteiger partial charge in [-0.2, -0.15) is 0 Å². The van der Waals surface area contributed by atoms with Gasteiger partial charge in [0.2, 0.25) is 0 Å². The van der Waals surface area contributed by atoms with E-state index in [1.807, 2.05) is 31.9 Å². The zero-order valence-electron chi connectivity index (χ0n) is 18.6. The lowest BCUT2D eigenvalue weighted by molar-refractivity contribution is 0.0205. The van der Waals surface area contributed by atoms with Crippen LogP contribution < -0.4 is 0 Å². The average Bonchev–Trinajstić information content (AvgIpc) is 2.59. The Morgan fingerprint density at radius 2 is 1.79 bits per heavy atom. The Morgan fingerprint density at radius 1 is 1.14 bits per heavy atom. The Bertz CT molecular complexity index is 660. The first-order valence-corrected chi connectivity index (χ1v) is 10.6. The topological polar surface area (TPSA) is 41.9 Å². The lowest BCUT2D eigenvalue weighted by atomic mass is 9.87.